The van der Waals surface area contributed by atoms with Gasteiger partial charge in [-0.15, -0.1) is 0 Å². The summed E-state index contributed by atoms with van der Waals surface area (Å²) in [6, 6.07) is 1.73. The molecule has 5 heteroatoms. The zero-order chi connectivity index (χ0) is 12.7. The van der Waals surface area contributed by atoms with E-state index in [1.807, 2.05) is 6.92 Å². The number of aryl methyl sites for hydroxylation is 1. The van der Waals surface area contributed by atoms with Crippen LogP contribution in [0, 0.1) is 0 Å². The molecule has 0 unspecified atom stereocenters. The molecule has 0 saturated heterocycles. The molecule has 0 fully saturated rings. The molecule has 1 heterocycles. The highest BCUT2D eigenvalue weighted by Gasteiger charge is 2.19. The number of carbonyl (C=O) groups is 1. The Morgan fingerprint density at radius 1 is 1.53 bits per heavy atom. The Labute approximate surface area is 110 Å². The van der Waals surface area contributed by atoms with Crippen LogP contribution in [-0.4, -0.2) is 42.9 Å². The minimum atomic E-state index is 0.00657. The van der Waals surface area contributed by atoms with E-state index in [0.717, 1.165) is 17.5 Å². The van der Waals surface area contributed by atoms with Crippen LogP contribution in [0.4, 0.5) is 0 Å². The molecule has 0 N–H and O–H groups in total. The van der Waals surface area contributed by atoms with Crippen LogP contribution in [0.25, 0.3) is 0 Å². The van der Waals surface area contributed by atoms with Crippen molar-refractivity contribution in [2.75, 3.05) is 32.1 Å². The molecule has 0 atom stereocenters. The summed E-state index contributed by atoms with van der Waals surface area (Å²) in [7, 11) is 1.63. The molecule has 1 aromatic rings. The van der Waals surface area contributed by atoms with E-state index in [1.54, 1.807) is 24.3 Å². The van der Waals surface area contributed by atoms with Gasteiger partial charge in [0.25, 0.3) is 5.91 Å². The van der Waals surface area contributed by atoms with Crippen LogP contribution in [-0.2, 0) is 11.2 Å². The number of hydrogen-bond donors (Lipinski definition) is 0. The second kappa shape index (κ2) is 7.50. The molecule has 0 aliphatic rings. The number of halogens is 1. The van der Waals surface area contributed by atoms with Crippen molar-refractivity contribution in [3.05, 3.63) is 23.7 Å². The Hall–Kier alpha value is -0.810. The summed E-state index contributed by atoms with van der Waals surface area (Å²) in [5.74, 6) is 0.749. The van der Waals surface area contributed by atoms with Gasteiger partial charge in [-0.25, -0.2) is 0 Å². The molecular weight excluding hydrogens is 286 g/mol. The molecule has 0 aliphatic carbocycles. The van der Waals surface area contributed by atoms with Crippen molar-refractivity contribution in [1.29, 1.82) is 0 Å². The largest absolute Gasteiger partial charge is 0.469 e. The van der Waals surface area contributed by atoms with E-state index in [2.05, 4.69) is 15.9 Å². The van der Waals surface area contributed by atoms with Gasteiger partial charge in [-0.3, -0.25) is 4.79 Å². The van der Waals surface area contributed by atoms with Gasteiger partial charge < -0.3 is 14.1 Å². The normalized spacial score (nSPS) is 10.5. The fourth-order valence-corrected chi connectivity index (χ4v) is 2.02. The number of methoxy groups -OCH3 is 1. The van der Waals surface area contributed by atoms with Crippen LogP contribution < -0.4 is 0 Å². The van der Waals surface area contributed by atoms with Crippen molar-refractivity contribution >= 4 is 21.8 Å². The minimum Gasteiger partial charge on any atom is -0.469 e. The quantitative estimate of drug-likeness (QED) is 0.726. The van der Waals surface area contributed by atoms with Crippen LogP contribution in [0.1, 0.15) is 23.0 Å². The maximum Gasteiger partial charge on any atom is 0.257 e. The third kappa shape index (κ3) is 3.85. The zero-order valence-electron chi connectivity index (χ0n) is 10.2. The predicted molar refractivity (Wildman–Crippen MR) is 69.7 cm³/mol. The maximum absolute atomic E-state index is 12.3. The lowest BCUT2D eigenvalue weighted by Gasteiger charge is -2.21. The Morgan fingerprint density at radius 3 is 2.88 bits per heavy atom. The summed E-state index contributed by atoms with van der Waals surface area (Å²) in [5, 5.41) is 0.752. The molecule has 17 heavy (non-hydrogen) atoms. The predicted octanol–water partition coefficient (Wildman–Crippen LogP) is 2.33. The molecule has 0 aliphatic heterocycles. The highest BCUT2D eigenvalue weighted by atomic mass is 79.9. The molecule has 0 radical (unpaired) electrons. The van der Waals surface area contributed by atoms with E-state index in [1.165, 1.54) is 0 Å². The summed E-state index contributed by atoms with van der Waals surface area (Å²) in [6.07, 6.45) is 2.29. The Kier molecular flexibility index (Phi) is 6.29. The summed E-state index contributed by atoms with van der Waals surface area (Å²) >= 11 is 3.35. The highest BCUT2D eigenvalue weighted by Crippen LogP contribution is 2.14. The van der Waals surface area contributed by atoms with Crippen molar-refractivity contribution in [2.24, 2.45) is 0 Å². The molecule has 0 aromatic carbocycles. The fourth-order valence-electron chi connectivity index (χ4n) is 1.59. The SMILES string of the molecule is CCc1occc1C(=O)N(CCBr)CCOC. The number of nitrogens with zero attached hydrogens (tertiary/aromatic N) is 1. The summed E-state index contributed by atoms with van der Waals surface area (Å²) in [6.45, 7) is 3.77. The van der Waals surface area contributed by atoms with Crippen LogP contribution in [0.3, 0.4) is 0 Å². The molecule has 4 nitrogen and oxygen atoms in total. The average molecular weight is 304 g/mol. The Morgan fingerprint density at radius 2 is 2.29 bits per heavy atom. The van der Waals surface area contributed by atoms with Gasteiger partial charge in [0.05, 0.1) is 18.4 Å². The van der Waals surface area contributed by atoms with Gasteiger partial charge >= 0.3 is 0 Å². The third-order valence-corrected chi connectivity index (χ3v) is 2.86. The minimum absolute atomic E-state index is 0.00657. The standard InChI is InChI=1S/C12H18BrNO3/c1-3-11-10(4-8-17-11)12(15)14(6-5-13)7-9-16-2/h4,8H,3,5-7,9H2,1-2H3. The molecular formula is C12H18BrNO3. The number of rotatable bonds is 7. The topological polar surface area (TPSA) is 42.7 Å². The summed E-state index contributed by atoms with van der Waals surface area (Å²) < 4.78 is 10.3. The Bertz CT molecular complexity index is 351. The number of hydrogen-bond acceptors (Lipinski definition) is 3. The van der Waals surface area contributed by atoms with E-state index in [0.29, 0.717) is 25.3 Å². The lowest BCUT2D eigenvalue weighted by molar-refractivity contribution is 0.0706. The van der Waals surface area contributed by atoms with Crippen LogP contribution >= 0.6 is 15.9 Å². The number of carbonyl (C=O) groups excluding carboxylic acids is 1. The molecule has 0 bridgehead atoms. The van der Waals surface area contributed by atoms with Crippen LogP contribution in [0.2, 0.25) is 0 Å². The smallest absolute Gasteiger partial charge is 0.257 e. The van der Waals surface area contributed by atoms with Gasteiger partial charge in [-0.2, -0.15) is 0 Å². The first-order valence-corrected chi connectivity index (χ1v) is 6.77. The first kappa shape index (κ1) is 14.3. The fraction of sp³-hybridized carbons (Fsp3) is 0.583. The van der Waals surface area contributed by atoms with Crippen LogP contribution in [0.5, 0.6) is 0 Å². The lowest BCUT2D eigenvalue weighted by atomic mass is 10.2. The second-order valence-electron chi connectivity index (χ2n) is 3.58. The second-order valence-corrected chi connectivity index (χ2v) is 4.38. The van der Waals surface area contributed by atoms with Crippen molar-refractivity contribution in [1.82, 2.24) is 4.90 Å². The van der Waals surface area contributed by atoms with Gasteiger partial charge in [-0.05, 0) is 6.07 Å². The monoisotopic (exact) mass is 303 g/mol. The van der Waals surface area contributed by atoms with Crippen molar-refractivity contribution in [3.63, 3.8) is 0 Å². The van der Waals surface area contributed by atoms with Gasteiger partial charge in [-0.1, -0.05) is 22.9 Å². The number of alkyl halides is 1. The van der Waals surface area contributed by atoms with Gasteiger partial charge in [0, 0.05) is 32.0 Å². The molecule has 0 spiro atoms. The molecule has 1 rings (SSSR count). The van der Waals surface area contributed by atoms with E-state index < -0.39 is 0 Å². The van der Waals surface area contributed by atoms with Crippen LogP contribution in [0.15, 0.2) is 16.7 Å². The highest BCUT2D eigenvalue weighted by molar-refractivity contribution is 9.09. The average Bonchev–Trinajstić information content (AvgIpc) is 2.81. The van der Waals surface area contributed by atoms with E-state index >= 15 is 0 Å². The number of ether oxygens (including phenoxy) is 1. The maximum atomic E-state index is 12.3. The first-order valence-electron chi connectivity index (χ1n) is 5.65. The van der Waals surface area contributed by atoms with E-state index in [9.17, 15) is 4.79 Å². The van der Waals surface area contributed by atoms with Gasteiger partial charge in [0.1, 0.15) is 5.76 Å². The summed E-state index contributed by atoms with van der Waals surface area (Å²) in [5.41, 5.74) is 0.657. The first-order chi connectivity index (χ1) is 8.24. The van der Waals surface area contributed by atoms with Crippen molar-refractivity contribution in [2.45, 2.75) is 13.3 Å². The van der Waals surface area contributed by atoms with E-state index in [4.69, 9.17) is 9.15 Å². The third-order valence-electron chi connectivity index (χ3n) is 2.50. The number of furan rings is 1. The Balaban J connectivity index is 2.76. The molecule has 1 aromatic heterocycles. The molecule has 1 amide bonds. The summed E-state index contributed by atoms with van der Waals surface area (Å²) in [4.78, 5) is 14.0. The van der Waals surface area contributed by atoms with Crippen molar-refractivity contribution < 1.29 is 13.9 Å². The molecule has 0 saturated carbocycles. The number of amides is 1. The zero-order valence-corrected chi connectivity index (χ0v) is 11.8. The molecule has 96 valence electrons. The van der Waals surface area contributed by atoms with Gasteiger partial charge in [0.2, 0.25) is 0 Å². The van der Waals surface area contributed by atoms with E-state index in [-0.39, 0.29) is 5.91 Å². The lowest BCUT2D eigenvalue weighted by Crippen LogP contribution is -2.35. The van der Waals surface area contributed by atoms with Gasteiger partial charge in [0.15, 0.2) is 0 Å². The van der Waals surface area contributed by atoms with Crippen molar-refractivity contribution in [3.8, 4) is 0 Å².